The van der Waals surface area contributed by atoms with Gasteiger partial charge in [0.15, 0.2) is 5.54 Å². The summed E-state index contributed by atoms with van der Waals surface area (Å²) in [7, 11) is 0. The Morgan fingerprint density at radius 2 is 2.25 bits per heavy atom. The van der Waals surface area contributed by atoms with E-state index in [2.05, 4.69) is 0 Å². The van der Waals surface area contributed by atoms with Crippen molar-refractivity contribution in [1.29, 1.82) is 0 Å². The number of carbonyl (C=O) groups is 1. The topological polar surface area (TPSA) is 116 Å². The van der Waals surface area contributed by atoms with Gasteiger partial charge in [-0.1, -0.05) is 11.6 Å². The lowest BCUT2D eigenvalue weighted by molar-refractivity contribution is -0.384. The van der Waals surface area contributed by atoms with E-state index >= 15 is 0 Å². The van der Waals surface area contributed by atoms with Crippen LogP contribution in [0.15, 0.2) is 18.2 Å². The molecule has 1 atom stereocenters. The van der Waals surface area contributed by atoms with Crippen LogP contribution in [0, 0.1) is 16.0 Å². The van der Waals surface area contributed by atoms with Crippen molar-refractivity contribution in [3.8, 4) is 5.75 Å². The molecular formula is C12H13ClN2O5. The van der Waals surface area contributed by atoms with Gasteiger partial charge in [-0.3, -0.25) is 14.9 Å². The monoisotopic (exact) mass is 300 g/mol. The number of nitrogens with zero attached hydrogens (tertiary/aromatic N) is 1. The zero-order valence-electron chi connectivity index (χ0n) is 10.4. The molecule has 7 nitrogen and oxygen atoms in total. The Hall–Kier alpha value is -1.86. The first-order chi connectivity index (χ1) is 9.34. The Bertz CT molecular complexity index is 561. The average molecular weight is 301 g/mol. The van der Waals surface area contributed by atoms with Crippen LogP contribution in [0.25, 0.3) is 0 Å². The van der Waals surface area contributed by atoms with Gasteiger partial charge in [0.1, 0.15) is 17.4 Å². The van der Waals surface area contributed by atoms with Gasteiger partial charge in [0.2, 0.25) is 0 Å². The molecule has 0 radical (unpaired) electrons. The highest BCUT2D eigenvalue weighted by Crippen LogP contribution is 2.39. The summed E-state index contributed by atoms with van der Waals surface area (Å²) in [5.74, 6) is -0.973. The van der Waals surface area contributed by atoms with E-state index in [-0.39, 0.29) is 29.0 Å². The standard InChI is InChI=1S/C12H13ClN2O5/c13-9-5-8(3-4-10(9)15(18)19)20-6-12(14,11(16)17)7-1-2-7/h3-5,7H,1-2,6,14H2,(H,16,17). The van der Waals surface area contributed by atoms with Gasteiger partial charge in [-0.05, 0) is 24.8 Å². The number of carboxylic acid groups (broad SMARTS) is 1. The summed E-state index contributed by atoms with van der Waals surface area (Å²) in [5.41, 5.74) is 4.17. The predicted molar refractivity (Wildman–Crippen MR) is 70.9 cm³/mol. The van der Waals surface area contributed by atoms with E-state index in [9.17, 15) is 20.0 Å². The van der Waals surface area contributed by atoms with Gasteiger partial charge in [0.25, 0.3) is 5.69 Å². The van der Waals surface area contributed by atoms with Gasteiger partial charge >= 0.3 is 5.97 Å². The van der Waals surface area contributed by atoms with E-state index in [4.69, 9.17) is 22.1 Å². The zero-order valence-corrected chi connectivity index (χ0v) is 11.2. The van der Waals surface area contributed by atoms with Gasteiger partial charge in [-0.25, -0.2) is 0 Å². The van der Waals surface area contributed by atoms with Gasteiger partial charge < -0.3 is 15.6 Å². The smallest absolute Gasteiger partial charge is 0.327 e. The molecule has 1 aromatic rings. The third-order valence-electron chi connectivity index (χ3n) is 3.30. The third-order valence-corrected chi connectivity index (χ3v) is 3.60. The molecule has 2 rings (SSSR count). The summed E-state index contributed by atoms with van der Waals surface area (Å²) < 4.78 is 5.34. The van der Waals surface area contributed by atoms with Crippen molar-refractivity contribution < 1.29 is 19.6 Å². The minimum atomic E-state index is -1.44. The number of nitro benzene ring substituents is 1. The number of rotatable bonds is 6. The first-order valence-corrected chi connectivity index (χ1v) is 6.31. The van der Waals surface area contributed by atoms with Crippen LogP contribution in [0.2, 0.25) is 5.02 Å². The number of aliphatic carboxylic acids is 1. The molecule has 1 unspecified atom stereocenters. The first-order valence-electron chi connectivity index (χ1n) is 5.93. The molecule has 1 saturated carbocycles. The van der Waals surface area contributed by atoms with Crippen molar-refractivity contribution in [3.63, 3.8) is 0 Å². The molecule has 20 heavy (non-hydrogen) atoms. The highest BCUT2D eigenvalue weighted by Gasteiger charge is 2.49. The second-order valence-electron chi connectivity index (χ2n) is 4.78. The molecule has 1 aliphatic carbocycles. The highest BCUT2D eigenvalue weighted by molar-refractivity contribution is 6.32. The number of nitro groups is 1. The Morgan fingerprint density at radius 1 is 1.60 bits per heavy atom. The lowest BCUT2D eigenvalue weighted by atomic mass is 9.96. The molecule has 3 N–H and O–H groups in total. The number of nitrogens with two attached hydrogens (primary N) is 1. The Labute approximate surface area is 119 Å². The van der Waals surface area contributed by atoms with E-state index in [0.717, 1.165) is 12.8 Å². The summed E-state index contributed by atoms with van der Waals surface area (Å²) in [6.45, 7) is -0.207. The largest absolute Gasteiger partial charge is 0.491 e. The fraction of sp³-hybridized carbons (Fsp3) is 0.417. The fourth-order valence-corrected chi connectivity index (χ4v) is 2.12. The maximum absolute atomic E-state index is 11.2. The van der Waals surface area contributed by atoms with Crippen molar-refractivity contribution in [2.45, 2.75) is 18.4 Å². The molecule has 0 heterocycles. The maximum atomic E-state index is 11.2. The number of ether oxygens (including phenoxy) is 1. The Morgan fingerprint density at radius 3 is 2.70 bits per heavy atom. The number of benzene rings is 1. The summed E-state index contributed by atoms with van der Waals surface area (Å²) in [4.78, 5) is 21.2. The quantitative estimate of drug-likeness (QED) is 0.611. The van der Waals surface area contributed by atoms with Gasteiger partial charge in [-0.2, -0.15) is 0 Å². The first kappa shape index (κ1) is 14.5. The third kappa shape index (κ3) is 2.83. The number of hydrogen-bond acceptors (Lipinski definition) is 5. The molecule has 0 aliphatic heterocycles. The molecule has 1 aromatic carbocycles. The minimum Gasteiger partial charge on any atom is -0.491 e. The summed E-state index contributed by atoms with van der Waals surface area (Å²) in [6, 6.07) is 3.84. The van der Waals surface area contributed by atoms with Crippen LogP contribution >= 0.6 is 11.6 Å². The zero-order chi connectivity index (χ0) is 14.9. The molecule has 1 fully saturated rings. The van der Waals surface area contributed by atoms with Crippen LogP contribution in [0.1, 0.15) is 12.8 Å². The summed E-state index contributed by atoms with van der Waals surface area (Å²) >= 11 is 5.74. The minimum absolute atomic E-state index is 0.0723. The lowest BCUT2D eigenvalue weighted by Crippen LogP contribution is -2.54. The second-order valence-corrected chi connectivity index (χ2v) is 5.19. The Kier molecular flexibility index (Phi) is 3.82. The van der Waals surface area contributed by atoms with E-state index in [1.54, 1.807) is 0 Å². The van der Waals surface area contributed by atoms with Crippen LogP contribution in [-0.2, 0) is 4.79 Å². The van der Waals surface area contributed by atoms with Crippen molar-refractivity contribution in [3.05, 3.63) is 33.3 Å². The van der Waals surface area contributed by atoms with Crippen molar-refractivity contribution >= 4 is 23.3 Å². The van der Waals surface area contributed by atoms with Gasteiger partial charge in [-0.15, -0.1) is 0 Å². The molecule has 8 heteroatoms. The molecule has 0 amide bonds. The molecule has 0 saturated heterocycles. The summed E-state index contributed by atoms with van der Waals surface area (Å²) in [5, 5.41) is 19.7. The predicted octanol–water partition coefficient (Wildman–Crippen LogP) is 1.82. The lowest BCUT2D eigenvalue weighted by Gasteiger charge is -2.24. The number of hydrogen-bond donors (Lipinski definition) is 2. The molecule has 0 bridgehead atoms. The maximum Gasteiger partial charge on any atom is 0.327 e. The van der Waals surface area contributed by atoms with E-state index < -0.39 is 16.4 Å². The second kappa shape index (κ2) is 5.26. The van der Waals surface area contributed by atoms with Gasteiger partial charge in [0, 0.05) is 12.1 Å². The normalized spacial score (nSPS) is 17.3. The van der Waals surface area contributed by atoms with E-state index in [1.165, 1.54) is 18.2 Å². The highest BCUT2D eigenvalue weighted by atomic mass is 35.5. The summed E-state index contributed by atoms with van der Waals surface area (Å²) in [6.07, 6.45) is 1.51. The van der Waals surface area contributed by atoms with Crippen LogP contribution in [0.5, 0.6) is 5.75 Å². The SMILES string of the molecule is NC(COc1ccc([N+](=O)[O-])c(Cl)c1)(C(=O)O)C1CC1. The van der Waals surface area contributed by atoms with Crippen molar-refractivity contribution in [2.24, 2.45) is 11.7 Å². The van der Waals surface area contributed by atoms with Crippen molar-refractivity contribution in [1.82, 2.24) is 0 Å². The van der Waals surface area contributed by atoms with Crippen LogP contribution < -0.4 is 10.5 Å². The van der Waals surface area contributed by atoms with Crippen molar-refractivity contribution in [2.75, 3.05) is 6.61 Å². The van der Waals surface area contributed by atoms with Gasteiger partial charge in [0.05, 0.1) is 4.92 Å². The van der Waals surface area contributed by atoms with Crippen LogP contribution in [-0.4, -0.2) is 28.1 Å². The number of halogens is 1. The van der Waals surface area contributed by atoms with E-state index in [1.807, 2.05) is 0 Å². The fourth-order valence-electron chi connectivity index (χ4n) is 1.88. The van der Waals surface area contributed by atoms with Crippen LogP contribution in [0.3, 0.4) is 0 Å². The number of carboxylic acids is 1. The Balaban J connectivity index is 2.09. The molecule has 0 spiro atoms. The molecule has 108 valence electrons. The van der Waals surface area contributed by atoms with E-state index in [0.29, 0.717) is 0 Å². The van der Waals surface area contributed by atoms with Crippen LogP contribution in [0.4, 0.5) is 5.69 Å². The molecular weight excluding hydrogens is 288 g/mol. The average Bonchev–Trinajstić information content (AvgIpc) is 3.19. The molecule has 1 aliphatic rings. The molecule has 0 aromatic heterocycles.